The number of aromatic nitrogens is 3. The Morgan fingerprint density at radius 1 is 1.02 bits per heavy atom. The molecule has 0 radical (unpaired) electrons. The first-order chi connectivity index (χ1) is 20.2. The molecular weight excluding hydrogens is 544 g/mol. The van der Waals surface area contributed by atoms with Crippen molar-refractivity contribution in [2.45, 2.75) is 13.8 Å². The first kappa shape index (κ1) is 27.2. The van der Waals surface area contributed by atoms with Crippen molar-refractivity contribution in [1.29, 1.82) is 0 Å². The van der Waals surface area contributed by atoms with Gasteiger partial charge < -0.3 is 25.1 Å². The highest BCUT2D eigenvalue weighted by Crippen LogP contribution is 2.32. The molecule has 3 N–H and O–H groups in total. The van der Waals surface area contributed by atoms with Gasteiger partial charge >= 0.3 is 0 Å². The van der Waals surface area contributed by atoms with Gasteiger partial charge in [-0.05, 0) is 73.5 Å². The van der Waals surface area contributed by atoms with Gasteiger partial charge in [0.25, 0.3) is 5.91 Å². The molecule has 0 spiro atoms. The summed E-state index contributed by atoms with van der Waals surface area (Å²) in [7, 11) is 0. The number of rotatable bonds is 6. The molecule has 1 fully saturated rings. The molecule has 3 aromatic carbocycles. The van der Waals surface area contributed by atoms with Crippen LogP contribution in [0.25, 0.3) is 16.6 Å². The zero-order chi connectivity index (χ0) is 29.5. The molecule has 0 atom stereocenters. The number of anilines is 1. The number of hydrogen-bond donors (Lipinski definition) is 2. The number of fused-ring (bicyclic) bond motifs is 1. The van der Waals surface area contributed by atoms with Gasteiger partial charge in [0, 0.05) is 29.6 Å². The number of ketones is 1. The molecule has 3 heterocycles. The number of aromatic amines is 1. The maximum atomic E-state index is 14.1. The van der Waals surface area contributed by atoms with Crippen molar-refractivity contribution >= 4 is 28.4 Å². The number of carbonyl (C=O) groups excluding carboxylic acids is 2. The summed E-state index contributed by atoms with van der Waals surface area (Å²) in [6, 6.07) is 14.0. The maximum Gasteiger partial charge on any atom is 0.254 e. The number of nitrogens with one attached hydrogen (secondary N) is 1. The van der Waals surface area contributed by atoms with E-state index in [9.17, 15) is 18.4 Å². The highest BCUT2D eigenvalue weighted by Gasteiger charge is 2.23. The number of carbonyl (C=O) groups is 2. The number of nitrogen functional groups attached to an aromatic ring is 1. The molecule has 5 aromatic rings. The Balaban J connectivity index is 1.26. The van der Waals surface area contributed by atoms with Gasteiger partial charge in [-0.1, -0.05) is 6.07 Å². The molecule has 0 aliphatic carbocycles. The number of halogens is 2. The van der Waals surface area contributed by atoms with E-state index in [1.54, 1.807) is 55.1 Å². The fraction of sp³-hybridized carbons (Fsp3) is 0.194. The fourth-order valence-electron chi connectivity index (χ4n) is 5.19. The van der Waals surface area contributed by atoms with E-state index in [4.69, 9.17) is 15.2 Å². The molecule has 9 nitrogen and oxygen atoms in total. The van der Waals surface area contributed by atoms with Crippen LogP contribution in [0.15, 0.2) is 60.8 Å². The van der Waals surface area contributed by atoms with Crippen LogP contribution in [0.2, 0.25) is 0 Å². The fourth-order valence-corrected chi connectivity index (χ4v) is 5.19. The van der Waals surface area contributed by atoms with Crippen molar-refractivity contribution in [1.82, 2.24) is 19.7 Å². The summed E-state index contributed by atoms with van der Waals surface area (Å²) in [4.78, 5) is 31.3. The second-order valence-electron chi connectivity index (χ2n) is 10.1. The Morgan fingerprint density at radius 3 is 2.50 bits per heavy atom. The van der Waals surface area contributed by atoms with Crippen LogP contribution in [0, 0.1) is 25.5 Å². The largest absolute Gasteiger partial charge is 0.454 e. The number of amides is 1. The van der Waals surface area contributed by atoms with Crippen LogP contribution in [-0.2, 0) is 4.74 Å². The van der Waals surface area contributed by atoms with Crippen molar-refractivity contribution in [3.8, 4) is 17.2 Å². The van der Waals surface area contributed by atoms with Crippen molar-refractivity contribution in [2.24, 2.45) is 0 Å². The van der Waals surface area contributed by atoms with Crippen LogP contribution in [-0.4, -0.2) is 57.7 Å². The molecule has 42 heavy (non-hydrogen) atoms. The summed E-state index contributed by atoms with van der Waals surface area (Å²) < 4.78 is 40.1. The van der Waals surface area contributed by atoms with Gasteiger partial charge in [-0.25, -0.2) is 9.07 Å². The Hall–Kier alpha value is -5.03. The lowest BCUT2D eigenvalue weighted by Gasteiger charge is -2.26. The quantitative estimate of drug-likeness (QED) is 0.267. The number of benzene rings is 3. The third kappa shape index (κ3) is 4.88. The van der Waals surface area contributed by atoms with Crippen molar-refractivity contribution in [3.05, 3.63) is 100 Å². The molecule has 2 aromatic heterocycles. The van der Waals surface area contributed by atoms with Crippen LogP contribution in [0.1, 0.15) is 37.5 Å². The number of nitrogens with zero attached hydrogens (tertiary/aromatic N) is 3. The Morgan fingerprint density at radius 2 is 1.76 bits per heavy atom. The van der Waals surface area contributed by atoms with E-state index in [1.807, 2.05) is 0 Å². The molecule has 1 aliphatic rings. The molecule has 1 aliphatic heterocycles. The zero-order valence-electron chi connectivity index (χ0n) is 22.9. The van der Waals surface area contributed by atoms with E-state index in [0.717, 1.165) is 11.5 Å². The zero-order valence-corrected chi connectivity index (χ0v) is 22.9. The molecule has 1 amide bonds. The van der Waals surface area contributed by atoms with Gasteiger partial charge in [-0.3, -0.25) is 9.59 Å². The molecular formula is C31H27F2N5O4. The molecule has 11 heteroatoms. The van der Waals surface area contributed by atoms with E-state index < -0.39 is 11.6 Å². The average Bonchev–Trinajstić information content (AvgIpc) is 3.58. The molecule has 6 rings (SSSR count). The number of nitrogens with two attached hydrogens (primary N) is 1. The summed E-state index contributed by atoms with van der Waals surface area (Å²) >= 11 is 0. The van der Waals surface area contributed by atoms with Crippen molar-refractivity contribution in [3.63, 3.8) is 0 Å². The predicted molar refractivity (Wildman–Crippen MR) is 152 cm³/mol. The van der Waals surface area contributed by atoms with Crippen molar-refractivity contribution in [2.75, 3.05) is 32.0 Å². The highest BCUT2D eigenvalue weighted by molar-refractivity contribution is 6.13. The number of ether oxygens (including phenoxy) is 2. The van der Waals surface area contributed by atoms with Gasteiger partial charge in [0.05, 0.1) is 36.4 Å². The molecule has 0 bridgehead atoms. The second-order valence-corrected chi connectivity index (χ2v) is 10.1. The lowest BCUT2D eigenvalue weighted by Crippen LogP contribution is -2.40. The van der Waals surface area contributed by atoms with Crippen molar-refractivity contribution < 1.29 is 27.8 Å². The number of H-pyrrole nitrogens is 1. The Bertz CT molecular complexity index is 1830. The first-order valence-electron chi connectivity index (χ1n) is 13.3. The van der Waals surface area contributed by atoms with Crippen LogP contribution in [0.3, 0.4) is 0 Å². The Labute approximate surface area is 239 Å². The van der Waals surface area contributed by atoms with E-state index in [0.29, 0.717) is 65.6 Å². The second kappa shape index (κ2) is 10.7. The normalized spacial score (nSPS) is 13.5. The molecule has 0 unspecified atom stereocenters. The van der Waals surface area contributed by atoms with Crippen LogP contribution < -0.4 is 10.5 Å². The van der Waals surface area contributed by atoms with Crippen LogP contribution >= 0.6 is 0 Å². The van der Waals surface area contributed by atoms with Gasteiger partial charge in [0.2, 0.25) is 11.6 Å². The SMILES string of the molecule is Cc1cc(Oc2cccc(F)c2F)cc(C)c1-n1ncc(C(=O)c2cc3cc(C(=O)N4CCOCC4)ccc3[nH]2)c1N. The summed E-state index contributed by atoms with van der Waals surface area (Å²) in [6.07, 6.45) is 1.40. The minimum absolute atomic E-state index is 0.0805. The topological polar surface area (TPSA) is 115 Å². The molecule has 214 valence electrons. The average molecular weight is 572 g/mol. The highest BCUT2D eigenvalue weighted by atomic mass is 19.2. The lowest BCUT2D eigenvalue weighted by molar-refractivity contribution is 0.0303. The van der Waals surface area contributed by atoms with Gasteiger partial charge in [-0.15, -0.1) is 0 Å². The van der Waals surface area contributed by atoms with E-state index in [2.05, 4.69) is 10.1 Å². The minimum atomic E-state index is -1.08. The van der Waals surface area contributed by atoms with E-state index in [-0.39, 0.29) is 28.8 Å². The van der Waals surface area contributed by atoms with E-state index >= 15 is 0 Å². The predicted octanol–water partition coefficient (Wildman–Crippen LogP) is 5.33. The Kier molecular flexibility index (Phi) is 6.95. The summed E-state index contributed by atoms with van der Waals surface area (Å²) in [5.41, 5.74) is 10.2. The van der Waals surface area contributed by atoms with Crippen LogP contribution in [0.4, 0.5) is 14.6 Å². The first-order valence-corrected chi connectivity index (χ1v) is 13.3. The maximum absolute atomic E-state index is 14.1. The molecule has 0 saturated carbocycles. The summed E-state index contributed by atoms with van der Waals surface area (Å²) in [6.45, 7) is 5.70. The van der Waals surface area contributed by atoms with E-state index in [1.165, 1.54) is 23.0 Å². The molecule has 1 saturated heterocycles. The third-order valence-corrected chi connectivity index (χ3v) is 7.28. The standard InChI is InChI=1S/C31H27F2N5O4/c1-17-12-21(42-26-5-3-4-23(32)27(26)33)13-18(2)28(17)38-30(34)22(16-35-38)29(39)25-15-20-14-19(6-7-24(20)36-25)31(40)37-8-10-41-11-9-37/h3-7,12-16,36H,8-11,34H2,1-2H3. The minimum Gasteiger partial charge on any atom is -0.454 e. The van der Waals surface area contributed by atoms with Crippen LogP contribution in [0.5, 0.6) is 11.5 Å². The third-order valence-electron chi connectivity index (χ3n) is 7.28. The monoisotopic (exact) mass is 571 g/mol. The number of morpholine rings is 1. The number of aryl methyl sites for hydroxylation is 2. The van der Waals surface area contributed by atoms with Gasteiger partial charge in [0.15, 0.2) is 11.6 Å². The van der Waals surface area contributed by atoms with Gasteiger partial charge in [0.1, 0.15) is 11.6 Å². The number of hydrogen-bond acceptors (Lipinski definition) is 6. The lowest BCUT2D eigenvalue weighted by atomic mass is 10.1. The smallest absolute Gasteiger partial charge is 0.254 e. The summed E-state index contributed by atoms with van der Waals surface area (Å²) in [5, 5.41) is 5.11. The summed E-state index contributed by atoms with van der Waals surface area (Å²) in [5.74, 6) is -2.30. The van der Waals surface area contributed by atoms with Gasteiger partial charge in [-0.2, -0.15) is 9.49 Å².